The maximum atomic E-state index is 14.6. The summed E-state index contributed by atoms with van der Waals surface area (Å²) in [6.45, 7) is 1.65. The summed E-state index contributed by atoms with van der Waals surface area (Å²) in [7, 11) is -0.503. The normalized spacial score (nSPS) is 14.6. The number of fused-ring (bicyclic) bond motifs is 3. The second-order valence-electron chi connectivity index (χ2n) is 14.9. The Bertz CT molecular complexity index is 2400. The van der Waals surface area contributed by atoms with Crippen molar-refractivity contribution in [3.8, 4) is 17.2 Å². The third kappa shape index (κ3) is 7.74. The number of hydrogen-bond donors (Lipinski definition) is 2. The van der Waals surface area contributed by atoms with Crippen molar-refractivity contribution in [3.63, 3.8) is 0 Å². The molecule has 59 heavy (non-hydrogen) atoms. The van der Waals surface area contributed by atoms with E-state index in [4.69, 9.17) is 4.74 Å². The van der Waals surface area contributed by atoms with Crippen LogP contribution in [0.1, 0.15) is 59.2 Å². The van der Waals surface area contributed by atoms with Crippen LogP contribution in [0.4, 0.5) is 4.79 Å². The zero-order valence-electron chi connectivity index (χ0n) is 32.8. The molecular formula is C49H45N5O4S. The molecule has 1 aliphatic heterocycles. The molecule has 8 rings (SSSR count). The molecular weight excluding hydrogens is 755 g/mol. The number of amides is 2. The van der Waals surface area contributed by atoms with E-state index in [1.807, 2.05) is 91.0 Å². The standard InChI is InChI=1S/C49H45N5O4S/c1-34(52-48(57)58-32-43-41-25-13-11-23-39(41)40-24-12-14-26-42(40)43)47(56)53-44(46(55)45(30-50)59-27-15-16-28-59)29-38-31-51-33-54(38)49(35-17-5-2-6-18-35,36-19-7-3-8-20-36)37-21-9-4-10-22-37/h2-14,17-26,31,33-34,43-44H,15-16,27-29,32H2,1H3,(H,52,57)(H,53,56)/t34-,44+/m1/s1. The average molecular weight is 800 g/mol. The maximum Gasteiger partial charge on any atom is 0.407 e. The SMILES string of the molecule is C[C@@H](NC(=O)OCC1c2ccccc2-c2ccccc21)C(=O)N[C@@H](Cc1cncn1C(c1ccccc1)(c1ccccc1)c1ccccc1)C(=O)C(C#N)=S1CCCC1. The number of nitrogens with one attached hydrogen (secondary N) is 2. The molecule has 10 heteroatoms. The molecule has 0 unspecified atom stereocenters. The van der Waals surface area contributed by atoms with Crippen LogP contribution in [0.5, 0.6) is 0 Å². The molecule has 1 aromatic heterocycles. The molecule has 5 aromatic carbocycles. The molecule has 2 atom stereocenters. The van der Waals surface area contributed by atoms with Gasteiger partial charge in [0.2, 0.25) is 11.7 Å². The van der Waals surface area contributed by atoms with E-state index in [-0.39, 0.29) is 23.8 Å². The first-order valence-corrected chi connectivity index (χ1v) is 21.5. The molecule has 1 saturated heterocycles. The minimum Gasteiger partial charge on any atom is -0.449 e. The number of hydrogen-bond acceptors (Lipinski definition) is 6. The molecule has 2 aliphatic rings. The fourth-order valence-electron chi connectivity index (χ4n) is 8.61. The number of carbonyl (C=O) groups excluding carboxylic acids is 3. The van der Waals surface area contributed by atoms with Crippen LogP contribution in [-0.2, 0) is 26.3 Å². The van der Waals surface area contributed by atoms with E-state index >= 15 is 0 Å². The second kappa shape index (κ2) is 17.5. The van der Waals surface area contributed by atoms with Crippen molar-refractivity contribution in [2.24, 2.45) is 0 Å². The van der Waals surface area contributed by atoms with Crippen LogP contribution in [0.2, 0.25) is 0 Å². The summed E-state index contributed by atoms with van der Waals surface area (Å²) in [5.41, 5.74) is 7.06. The zero-order chi connectivity index (χ0) is 40.8. The quantitative estimate of drug-likeness (QED) is 0.0901. The van der Waals surface area contributed by atoms with Gasteiger partial charge in [0.05, 0.1) is 12.4 Å². The summed E-state index contributed by atoms with van der Waals surface area (Å²) in [6, 6.07) is 46.6. The molecule has 6 aromatic rings. The molecule has 9 nitrogen and oxygen atoms in total. The van der Waals surface area contributed by atoms with Crippen molar-refractivity contribution < 1.29 is 19.1 Å². The van der Waals surface area contributed by atoms with Gasteiger partial charge in [-0.05, 0) is 70.2 Å². The van der Waals surface area contributed by atoms with E-state index < -0.39 is 45.9 Å². The van der Waals surface area contributed by atoms with Gasteiger partial charge >= 0.3 is 6.09 Å². The molecule has 0 saturated carbocycles. The Hall–Kier alpha value is -6.57. The summed E-state index contributed by atoms with van der Waals surface area (Å²) in [4.78, 5) is 46.7. The van der Waals surface area contributed by atoms with E-state index in [0.717, 1.165) is 63.3 Å². The van der Waals surface area contributed by atoms with E-state index in [9.17, 15) is 19.6 Å². The van der Waals surface area contributed by atoms with Gasteiger partial charge in [-0.25, -0.2) is 9.78 Å². The Kier molecular flexibility index (Phi) is 11.7. The number of rotatable bonds is 13. The van der Waals surface area contributed by atoms with Crippen molar-refractivity contribution in [2.75, 3.05) is 18.1 Å². The van der Waals surface area contributed by atoms with Gasteiger partial charge in [-0.2, -0.15) is 15.7 Å². The zero-order valence-corrected chi connectivity index (χ0v) is 33.6. The molecule has 296 valence electrons. The van der Waals surface area contributed by atoms with Gasteiger partial charge in [0.15, 0.2) is 0 Å². The van der Waals surface area contributed by atoms with Crippen LogP contribution in [0.15, 0.2) is 152 Å². The van der Waals surface area contributed by atoms with Crippen molar-refractivity contribution in [1.82, 2.24) is 20.2 Å². The summed E-state index contributed by atoms with van der Waals surface area (Å²) in [5, 5.41) is 16.0. The third-order valence-electron chi connectivity index (χ3n) is 11.4. The molecule has 1 aliphatic carbocycles. The topological polar surface area (TPSA) is 126 Å². The van der Waals surface area contributed by atoms with Crippen LogP contribution in [0.3, 0.4) is 0 Å². The highest BCUT2D eigenvalue weighted by molar-refractivity contribution is 8.17. The summed E-state index contributed by atoms with van der Waals surface area (Å²) in [5.74, 6) is 0.403. The van der Waals surface area contributed by atoms with Gasteiger partial charge in [-0.3, -0.25) is 9.59 Å². The first-order chi connectivity index (χ1) is 28.9. The van der Waals surface area contributed by atoms with Gasteiger partial charge in [0.1, 0.15) is 29.1 Å². The largest absolute Gasteiger partial charge is 0.449 e. The van der Waals surface area contributed by atoms with E-state index in [0.29, 0.717) is 5.69 Å². The highest BCUT2D eigenvalue weighted by atomic mass is 32.2. The molecule has 2 heterocycles. The fraction of sp³-hybridized carbons (Fsp3) is 0.224. The predicted octanol–water partition coefficient (Wildman–Crippen LogP) is 8.01. The Morgan fingerprint density at radius 1 is 0.780 bits per heavy atom. The Labute approximate surface area is 347 Å². The number of ketones is 1. The molecule has 2 N–H and O–H groups in total. The van der Waals surface area contributed by atoms with Crippen molar-refractivity contribution >= 4 is 33.1 Å². The monoisotopic (exact) mass is 799 g/mol. The molecule has 0 bridgehead atoms. The lowest BCUT2D eigenvalue weighted by atomic mass is 9.76. The predicted molar refractivity (Wildman–Crippen MR) is 232 cm³/mol. The van der Waals surface area contributed by atoms with Crippen molar-refractivity contribution in [2.45, 2.75) is 49.7 Å². The maximum absolute atomic E-state index is 14.6. The average Bonchev–Trinajstić information content (AvgIpc) is 4.05. The summed E-state index contributed by atoms with van der Waals surface area (Å²) >= 11 is 0. The highest BCUT2D eigenvalue weighted by Gasteiger charge is 2.41. The van der Waals surface area contributed by atoms with E-state index in [1.165, 1.54) is 0 Å². The lowest BCUT2D eigenvalue weighted by Crippen LogP contribution is -2.52. The number of ether oxygens (including phenoxy) is 1. The van der Waals surface area contributed by atoms with Gasteiger partial charge in [0, 0.05) is 24.2 Å². The van der Waals surface area contributed by atoms with Crippen LogP contribution in [0.25, 0.3) is 11.1 Å². The number of Topliss-reactive ketones (excluding diaryl/α,β-unsaturated/α-hetero) is 1. The summed E-state index contributed by atoms with van der Waals surface area (Å²) < 4.78 is 7.82. The lowest BCUT2D eigenvalue weighted by Gasteiger charge is -2.39. The third-order valence-corrected chi connectivity index (χ3v) is 13.8. The van der Waals surface area contributed by atoms with E-state index in [1.54, 1.807) is 19.4 Å². The minimum absolute atomic E-state index is 0.0405. The Morgan fingerprint density at radius 3 is 1.81 bits per heavy atom. The smallest absolute Gasteiger partial charge is 0.407 e. The number of nitriles is 1. The van der Waals surface area contributed by atoms with Gasteiger partial charge < -0.3 is 19.9 Å². The molecule has 0 spiro atoms. The van der Waals surface area contributed by atoms with Crippen LogP contribution in [0, 0.1) is 11.3 Å². The van der Waals surface area contributed by atoms with Crippen LogP contribution >= 0.6 is 10.5 Å². The number of nitrogens with zero attached hydrogens (tertiary/aromatic N) is 3. The Balaban J connectivity index is 1.09. The number of alkyl carbamates (subject to hydrolysis) is 1. The second-order valence-corrected chi connectivity index (χ2v) is 17.1. The van der Waals surface area contributed by atoms with Crippen LogP contribution in [-0.4, -0.2) is 62.4 Å². The van der Waals surface area contributed by atoms with Crippen molar-refractivity contribution in [3.05, 3.63) is 186 Å². The minimum atomic E-state index is -1.12. The number of imidazole rings is 1. The van der Waals surface area contributed by atoms with Gasteiger partial charge in [0.25, 0.3) is 0 Å². The van der Waals surface area contributed by atoms with Crippen molar-refractivity contribution in [1.29, 1.82) is 5.26 Å². The fourth-order valence-corrected chi connectivity index (χ4v) is 10.9. The lowest BCUT2D eigenvalue weighted by molar-refractivity contribution is -0.126. The first-order valence-electron chi connectivity index (χ1n) is 20.0. The Morgan fingerprint density at radius 2 is 1.29 bits per heavy atom. The van der Waals surface area contributed by atoms with Gasteiger partial charge in [-0.15, -0.1) is 0 Å². The number of aromatic nitrogens is 2. The number of benzene rings is 5. The summed E-state index contributed by atoms with van der Waals surface area (Å²) in [6.07, 6.45) is 4.67. The molecule has 0 radical (unpaired) electrons. The number of carbonyl (C=O) groups is 3. The first kappa shape index (κ1) is 39.3. The highest BCUT2D eigenvalue weighted by Crippen LogP contribution is 2.45. The molecule has 1 fully saturated rings. The van der Waals surface area contributed by atoms with E-state index in [2.05, 4.69) is 74.8 Å². The molecule has 2 amide bonds. The van der Waals surface area contributed by atoms with Gasteiger partial charge in [-0.1, -0.05) is 140 Å². The van der Waals surface area contributed by atoms with Crippen LogP contribution < -0.4 is 10.6 Å².